The van der Waals surface area contributed by atoms with Crippen molar-refractivity contribution in [1.82, 2.24) is 4.90 Å². The fourth-order valence-electron chi connectivity index (χ4n) is 1.71. The maximum absolute atomic E-state index is 13.8. The molecule has 0 radical (unpaired) electrons. The van der Waals surface area contributed by atoms with Crippen LogP contribution in [-0.2, 0) is 11.3 Å². The van der Waals surface area contributed by atoms with Gasteiger partial charge in [-0.25, -0.2) is 8.78 Å². The number of hydrogen-bond donors (Lipinski definition) is 1. The van der Waals surface area contributed by atoms with Crippen LogP contribution in [0.25, 0.3) is 0 Å². The molecule has 0 aromatic heterocycles. The van der Waals surface area contributed by atoms with E-state index in [2.05, 4.69) is 15.9 Å². The fourth-order valence-corrected chi connectivity index (χ4v) is 2.08. The second-order valence-electron chi connectivity index (χ2n) is 4.39. The van der Waals surface area contributed by atoms with Gasteiger partial charge in [-0.1, -0.05) is 13.8 Å². The molecule has 1 unspecified atom stereocenters. The Bertz CT molecular complexity index is 468. The second kappa shape index (κ2) is 6.96. The molecular formula is C13H16BrF2NO2. The molecule has 1 atom stereocenters. The highest BCUT2D eigenvalue weighted by Crippen LogP contribution is 2.23. The van der Waals surface area contributed by atoms with Crippen LogP contribution in [0.15, 0.2) is 16.6 Å². The van der Waals surface area contributed by atoms with Gasteiger partial charge >= 0.3 is 5.97 Å². The van der Waals surface area contributed by atoms with Crippen molar-refractivity contribution in [2.75, 3.05) is 13.1 Å². The molecule has 106 valence electrons. The number of carbonyl (C=O) groups is 1. The van der Waals surface area contributed by atoms with E-state index in [4.69, 9.17) is 5.11 Å². The molecule has 1 aromatic carbocycles. The monoisotopic (exact) mass is 335 g/mol. The van der Waals surface area contributed by atoms with Gasteiger partial charge < -0.3 is 5.11 Å². The Morgan fingerprint density at radius 1 is 1.47 bits per heavy atom. The summed E-state index contributed by atoms with van der Waals surface area (Å²) in [5, 5.41) is 8.86. The zero-order valence-corrected chi connectivity index (χ0v) is 12.4. The summed E-state index contributed by atoms with van der Waals surface area (Å²) in [5.41, 5.74) is -0.0474. The van der Waals surface area contributed by atoms with Gasteiger partial charge in [0.15, 0.2) is 0 Å². The van der Waals surface area contributed by atoms with Gasteiger partial charge in [0.25, 0.3) is 0 Å². The van der Waals surface area contributed by atoms with Crippen LogP contribution in [-0.4, -0.2) is 29.1 Å². The van der Waals surface area contributed by atoms with Crippen molar-refractivity contribution >= 4 is 21.9 Å². The van der Waals surface area contributed by atoms with Crippen LogP contribution in [0.2, 0.25) is 0 Å². The molecule has 0 aliphatic heterocycles. The second-order valence-corrected chi connectivity index (χ2v) is 5.24. The molecule has 0 aliphatic carbocycles. The van der Waals surface area contributed by atoms with Crippen LogP contribution in [0.1, 0.15) is 19.4 Å². The summed E-state index contributed by atoms with van der Waals surface area (Å²) in [6, 6.07) is 2.50. The molecule has 3 nitrogen and oxygen atoms in total. The van der Waals surface area contributed by atoms with Gasteiger partial charge in [-0.3, -0.25) is 9.69 Å². The highest BCUT2D eigenvalue weighted by molar-refractivity contribution is 9.10. The van der Waals surface area contributed by atoms with Crippen LogP contribution in [0.5, 0.6) is 0 Å². The topological polar surface area (TPSA) is 40.5 Å². The lowest BCUT2D eigenvalue weighted by Crippen LogP contribution is -2.32. The van der Waals surface area contributed by atoms with E-state index in [1.807, 2.05) is 6.92 Å². The number of halogens is 3. The number of benzene rings is 1. The van der Waals surface area contributed by atoms with Gasteiger partial charge in [0, 0.05) is 18.7 Å². The molecule has 1 rings (SSSR count). The van der Waals surface area contributed by atoms with Crippen molar-refractivity contribution < 1.29 is 18.7 Å². The smallest absolute Gasteiger partial charge is 0.307 e. The summed E-state index contributed by atoms with van der Waals surface area (Å²) in [7, 11) is 0. The zero-order chi connectivity index (χ0) is 14.6. The van der Waals surface area contributed by atoms with Crippen LogP contribution >= 0.6 is 15.9 Å². The number of aliphatic carboxylic acids is 1. The lowest BCUT2D eigenvalue weighted by atomic mass is 10.1. The number of carboxylic acids is 1. The summed E-state index contributed by atoms with van der Waals surface area (Å²) in [5.74, 6) is -2.77. The third kappa shape index (κ3) is 4.24. The van der Waals surface area contributed by atoms with Crippen LogP contribution in [0, 0.1) is 17.6 Å². The van der Waals surface area contributed by atoms with Crippen LogP contribution in [0.4, 0.5) is 8.78 Å². The minimum absolute atomic E-state index is 0.0469. The van der Waals surface area contributed by atoms with Crippen molar-refractivity contribution in [2.45, 2.75) is 20.4 Å². The SMILES string of the molecule is CCN(Cc1c(F)ccc(Br)c1F)CC(C)C(=O)O. The van der Waals surface area contributed by atoms with E-state index in [0.29, 0.717) is 6.54 Å². The standard InChI is InChI=1S/C13H16BrF2NO2/c1-3-17(6-8(2)13(18)19)7-9-11(15)5-4-10(14)12(9)16/h4-5,8H,3,6-7H2,1-2H3,(H,18,19). The Kier molecular flexibility index (Phi) is 5.87. The van der Waals surface area contributed by atoms with E-state index in [-0.39, 0.29) is 23.1 Å². The van der Waals surface area contributed by atoms with Crippen LogP contribution in [0.3, 0.4) is 0 Å². The predicted octanol–water partition coefficient (Wildman–Crippen LogP) is 3.27. The number of hydrogen-bond acceptors (Lipinski definition) is 2. The van der Waals surface area contributed by atoms with Gasteiger partial charge in [0.05, 0.1) is 10.4 Å². The molecule has 0 heterocycles. The van der Waals surface area contributed by atoms with Gasteiger partial charge in [-0.05, 0) is 34.6 Å². The Morgan fingerprint density at radius 3 is 2.63 bits per heavy atom. The molecule has 1 N–H and O–H groups in total. The molecule has 0 amide bonds. The maximum atomic E-state index is 13.8. The van der Waals surface area contributed by atoms with Gasteiger partial charge in [0.2, 0.25) is 0 Å². The number of rotatable bonds is 6. The highest BCUT2D eigenvalue weighted by Gasteiger charge is 2.19. The largest absolute Gasteiger partial charge is 0.481 e. The lowest BCUT2D eigenvalue weighted by Gasteiger charge is -2.23. The maximum Gasteiger partial charge on any atom is 0.307 e. The molecule has 6 heteroatoms. The van der Waals surface area contributed by atoms with E-state index in [1.54, 1.807) is 11.8 Å². The Morgan fingerprint density at radius 2 is 2.11 bits per heavy atom. The summed E-state index contributed by atoms with van der Waals surface area (Å²) in [6.07, 6.45) is 0. The van der Waals surface area contributed by atoms with Crippen molar-refractivity contribution in [1.29, 1.82) is 0 Å². The third-order valence-electron chi connectivity index (χ3n) is 2.92. The summed E-state index contributed by atoms with van der Waals surface area (Å²) >= 11 is 3.01. The Hall–Kier alpha value is -1.01. The number of nitrogens with zero attached hydrogens (tertiary/aromatic N) is 1. The molecule has 0 saturated carbocycles. The van der Waals surface area contributed by atoms with Crippen molar-refractivity contribution in [3.63, 3.8) is 0 Å². The van der Waals surface area contributed by atoms with E-state index in [9.17, 15) is 13.6 Å². The van der Waals surface area contributed by atoms with E-state index in [0.717, 1.165) is 0 Å². The highest BCUT2D eigenvalue weighted by atomic mass is 79.9. The van der Waals surface area contributed by atoms with Gasteiger partial charge in [-0.15, -0.1) is 0 Å². The quantitative estimate of drug-likeness (QED) is 0.811. The summed E-state index contributed by atoms with van der Waals surface area (Å²) < 4.78 is 27.6. The van der Waals surface area contributed by atoms with Crippen LogP contribution < -0.4 is 0 Å². The first kappa shape index (κ1) is 16.0. The first-order valence-corrected chi connectivity index (χ1v) is 6.73. The molecule has 1 aromatic rings. The van der Waals surface area contributed by atoms with Crippen molar-refractivity contribution in [3.8, 4) is 0 Å². The third-order valence-corrected chi connectivity index (χ3v) is 3.53. The molecule has 0 fully saturated rings. The normalized spacial score (nSPS) is 12.7. The van der Waals surface area contributed by atoms with Gasteiger partial charge in [-0.2, -0.15) is 0 Å². The lowest BCUT2D eigenvalue weighted by molar-refractivity contribution is -0.141. The molecule has 0 bridgehead atoms. The zero-order valence-electron chi connectivity index (χ0n) is 10.8. The van der Waals surface area contributed by atoms with Gasteiger partial charge in [0.1, 0.15) is 11.6 Å². The number of carboxylic acid groups (broad SMARTS) is 1. The van der Waals surface area contributed by atoms with Crippen molar-refractivity contribution in [3.05, 3.63) is 33.8 Å². The fraction of sp³-hybridized carbons (Fsp3) is 0.462. The first-order chi connectivity index (χ1) is 8.86. The molecule has 0 saturated heterocycles. The molecule has 0 aliphatic rings. The van der Waals surface area contributed by atoms with Crippen molar-refractivity contribution in [2.24, 2.45) is 5.92 Å². The molecule has 0 spiro atoms. The van der Waals surface area contributed by atoms with E-state index < -0.39 is 23.5 Å². The summed E-state index contributed by atoms with van der Waals surface area (Å²) in [6.45, 7) is 4.20. The minimum Gasteiger partial charge on any atom is -0.481 e. The Labute approximate surface area is 119 Å². The molecule has 19 heavy (non-hydrogen) atoms. The summed E-state index contributed by atoms with van der Waals surface area (Å²) in [4.78, 5) is 12.5. The minimum atomic E-state index is -0.923. The first-order valence-electron chi connectivity index (χ1n) is 5.94. The molecular weight excluding hydrogens is 320 g/mol. The average Bonchev–Trinajstić information content (AvgIpc) is 2.37. The van der Waals surface area contributed by atoms with E-state index in [1.165, 1.54) is 12.1 Å². The average molecular weight is 336 g/mol. The predicted molar refractivity (Wildman–Crippen MR) is 71.8 cm³/mol. The Balaban J connectivity index is 2.87. The van der Waals surface area contributed by atoms with E-state index >= 15 is 0 Å².